The Morgan fingerprint density at radius 3 is 2.50 bits per heavy atom. The molecule has 1 saturated heterocycles. The van der Waals surface area contributed by atoms with Gasteiger partial charge in [0, 0.05) is 24.6 Å². The van der Waals surface area contributed by atoms with Gasteiger partial charge in [-0.3, -0.25) is 4.79 Å². The molecule has 0 aromatic heterocycles. The molecule has 18 heavy (non-hydrogen) atoms. The molecule has 0 radical (unpaired) electrons. The lowest BCUT2D eigenvalue weighted by molar-refractivity contribution is 0.0696. The number of carbonyl (C=O) groups excluding carboxylic acids is 1. The normalized spacial score (nSPS) is 18.6. The molecule has 5 heteroatoms. The van der Waals surface area contributed by atoms with Crippen molar-refractivity contribution >= 4 is 11.9 Å². The van der Waals surface area contributed by atoms with E-state index in [9.17, 15) is 9.59 Å². The van der Waals surface area contributed by atoms with Crippen LogP contribution in [-0.4, -0.2) is 36.7 Å². The van der Waals surface area contributed by atoms with Crippen LogP contribution in [0.25, 0.3) is 0 Å². The summed E-state index contributed by atoms with van der Waals surface area (Å²) in [6.07, 6.45) is 0.970. The summed E-state index contributed by atoms with van der Waals surface area (Å²) in [6.45, 7) is 2.05. The highest BCUT2D eigenvalue weighted by atomic mass is 16.5. The van der Waals surface area contributed by atoms with Crippen LogP contribution < -0.4 is 5.32 Å². The molecule has 1 aliphatic rings. The summed E-state index contributed by atoms with van der Waals surface area (Å²) in [7, 11) is 0. The van der Waals surface area contributed by atoms with Crippen LogP contribution in [0.3, 0.4) is 0 Å². The molecule has 0 aliphatic carbocycles. The Kier molecular flexibility index (Phi) is 3.94. The van der Waals surface area contributed by atoms with Gasteiger partial charge < -0.3 is 15.2 Å². The number of hydrogen-bond donors (Lipinski definition) is 2. The number of benzene rings is 1. The van der Waals surface area contributed by atoms with Gasteiger partial charge in [-0.1, -0.05) is 0 Å². The summed E-state index contributed by atoms with van der Waals surface area (Å²) in [6, 6.07) is 5.89. The van der Waals surface area contributed by atoms with Crippen molar-refractivity contribution in [3.05, 3.63) is 35.4 Å². The molecule has 0 saturated carbocycles. The monoisotopic (exact) mass is 249 g/mol. The molecule has 1 heterocycles. The van der Waals surface area contributed by atoms with Gasteiger partial charge in [0.15, 0.2) is 0 Å². The molecule has 1 atom stereocenters. The number of amides is 1. The third-order valence-corrected chi connectivity index (χ3v) is 2.97. The van der Waals surface area contributed by atoms with Crippen molar-refractivity contribution in [3.63, 3.8) is 0 Å². The highest BCUT2D eigenvalue weighted by molar-refractivity contribution is 5.95. The maximum atomic E-state index is 11.8. The van der Waals surface area contributed by atoms with Gasteiger partial charge in [-0.25, -0.2) is 4.79 Å². The molecule has 5 nitrogen and oxygen atoms in total. The first-order valence-electron chi connectivity index (χ1n) is 5.86. The number of rotatable bonds is 4. The smallest absolute Gasteiger partial charge is 0.335 e. The van der Waals surface area contributed by atoms with E-state index >= 15 is 0 Å². The molecule has 1 aromatic carbocycles. The van der Waals surface area contributed by atoms with Crippen LogP contribution in [0.2, 0.25) is 0 Å². The summed E-state index contributed by atoms with van der Waals surface area (Å²) >= 11 is 0. The molecule has 1 fully saturated rings. The average Bonchev–Trinajstić information content (AvgIpc) is 2.89. The predicted octanol–water partition coefficient (Wildman–Crippen LogP) is 1.15. The highest BCUT2D eigenvalue weighted by Gasteiger charge is 2.16. The number of aromatic carboxylic acids is 1. The predicted molar refractivity (Wildman–Crippen MR) is 64.7 cm³/mol. The maximum absolute atomic E-state index is 11.8. The summed E-state index contributed by atoms with van der Waals surface area (Å²) < 4.78 is 5.22. The first-order chi connectivity index (χ1) is 8.66. The van der Waals surface area contributed by atoms with E-state index in [-0.39, 0.29) is 11.5 Å². The number of nitrogens with one attached hydrogen (secondary N) is 1. The lowest BCUT2D eigenvalue weighted by Crippen LogP contribution is -2.29. The van der Waals surface area contributed by atoms with E-state index in [4.69, 9.17) is 9.84 Å². The van der Waals surface area contributed by atoms with E-state index in [1.165, 1.54) is 24.3 Å². The van der Waals surface area contributed by atoms with Gasteiger partial charge in [-0.05, 0) is 30.7 Å². The Bertz CT molecular complexity index is 435. The van der Waals surface area contributed by atoms with Gasteiger partial charge in [0.2, 0.25) is 0 Å². The van der Waals surface area contributed by atoms with Crippen molar-refractivity contribution in [2.24, 2.45) is 5.92 Å². The molecule has 2 rings (SSSR count). The average molecular weight is 249 g/mol. The van der Waals surface area contributed by atoms with Gasteiger partial charge in [0.05, 0.1) is 12.2 Å². The van der Waals surface area contributed by atoms with Gasteiger partial charge in [-0.2, -0.15) is 0 Å². The van der Waals surface area contributed by atoms with E-state index in [0.717, 1.165) is 13.0 Å². The van der Waals surface area contributed by atoms with Crippen LogP contribution in [-0.2, 0) is 4.74 Å². The van der Waals surface area contributed by atoms with Gasteiger partial charge in [0.1, 0.15) is 0 Å². The van der Waals surface area contributed by atoms with Crippen LogP contribution in [0.5, 0.6) is 0 Å². The Morgan fingerprint density at radius 2 is 1.94 bits per heavy atom. The largest absolute Gasteiger partial charge is 0.478 e. The Hall–Kier alpha value is -1.88. The van der Waals surface area contributed by atoms with Gasteiger partial charge in [-0.15, -0.1) is 0 Å². The second kappa shape index (κ2) is 5.64. The second-order valence-electron chi connectivity index (χ2n) is 4.32. The SMILES string of the molecule is O=C(O)c1ccc(C(=O)NCC2CCOC2)cc1. The van der Waals surface area contributed by atoms with E-state index < -0.39 is 5.97 Å². The Labute approximate surface area is 105 Å². The zero-order valence-corrected chi connectivity index (χ0v) is 9.89. The van der Waals surface area contributed by atoms with Crippen molar-refractivity contribution in [1.82, 2.24) is 5.32 Å². The molecular weight excluding hydrogens is 234 g/mol. The summed E-state index contributed by atoms with van der Waals surface area (Å²) in [4.78, 5) is 22.5. The molecule has 1 aromatic rings. The van der Waals surface area contributed by atoms with Crippen LogP contribution in [0, 0.1) is 5.92 Å². The third-order valence-electron chi connectivity index (χ3n) is 2.97. The zero-order chi connectivity index (χ0) is 13.0. The summed E-state index contributed by atoms with van der Waals surface area (Å²) in [5.41, 5.74) is 0.648. The second-order valence-corrected chi connectivity index (χ2v) is 4.32. The van der Waals surface area contributed by atoms with Gasteiger partial charge in [0.25, 0.3) is 5.91 Å². The fourth-order valence-electron chi connectivity index (χ4n) is 1.85. The van der Waals surface area contributed by atoms with Crippen LogP contribution in [0.4, 0.5) is 0 Å². The standard InChI is InChI=1S/C13H15NO4/c15-12(14-7-9-5-6-18-8-9)10-1-3-11(4-2-10)13(16)17/h1-4,9H,5-8H2,(H,14,15)(H,16,17). The van der Waals surface area contributed by atoms with E-state index in [1.807, 2.05) is 0 Å². The quantitative estimate of drug-likeness (QED) is 0.839. The number of carbonyl (C=O) groups is 2. The molecule has 1 aliphatic heterocycles. The first kappa shape index (κ1) is 12.6. The Balaban J connectivity index is 1.89. The fourth-order valence-corrected chi connectivity index (χ4v) is 1.85. The van der Waals surface area contributed by atoms with E-state index in [2.05, 4.69) is 5.32 Å². The molecule has 96 valence electrons. The lowest BCUT2D eigenvalue weighted by Gasteiger charge is -2.09. The topological polar surface area (TPSA) is 75.6 Å². The molecule has 0 bridgehead atoms. The van der Waals surface area contributed by atoms with E-state index in [1.54, 1.807) is 0 Å². The lowest BCUT2D eigenvalue weighted by atomic mass is 10.1. The number of hydrogen-bond acceptors (Lipinski definition) is 3. The number of carboxylic acid groups (broad SMARTS) is 1. The molecular formula is C13H15NO4. The zero-order valence-electron chi connectivity index (χ0n) is 9.89. The minimum Gasteiger partial charge on any atom is -0.478 e. The molecule has 1 amide bonds. The van der Waals surface area contributed by atoms with Crippen molar-refractivity contribution in [2.45, 2.75) is 6.42 Å². The highest BCUT2D eigenvalue weighted by Crippen LogP contribution is 2.11. The minimum atomic E-state index is -0.995. The molecule has 0 spiro atoms. The van der Waals surface area contributed by atoms with E-state index in [0.29, 0.717) is 24.6 Å². The third kappa shape index (κ3) is 3.07. The Morgan fingerprint density at radius 1 is 1.28 bits per heavy atom. The first-order valence-corrected chi connectivity index (χ1v) is 5.86. The van der Waals surface area contributed by atoms with Crippen LogP contribution in [0.1, 0.15) is 27.1 Å². The maximum Gasteiger partial charge on any atom is 0.335 e. The van der Waals surface area contributed by atoms with Crippen molar-refractivity contribution < 1.29 is 19.4 Å². The minimum absolute atomic E-state index is 0.177. The number of carboxylic acids is 1. The van der Waals surface area contributed by atoms with Gasteiger partial charge >= 0.3 is 5.97 Å². The summed E-state index contributed by atoms with van der Waals surface area (Å²) in [5, 5.41) is 11.6. The van der Waals surface area contributed by atoms with Crippen molar-refractivity contribution in [3.8, 4) is 0 Å². The van der Waals surface area contributed by atoms with Crippen LogP contribution >= 0.6 is 0 Å². The van der Waals surface area contributed by atoms with Crippen LogP contribution in [0.15, 0.2) is 24.3 Å². The number of ether oxygens (including phenoxy) is 1. The molecule has 2 N–H and O–H groups in total. The summed E-state index contributed by atoms with van der Waals surface area (Å²) in [5.74, 6) is -0.795. The van der Waals surface area contributed by atoms with Crippen molar-refractivity contribution in [1.29, 1.82) is 0 Å². The molecule has 1 unspecified atom stereocenters. The van der Waals surface area contributed by atoms with Crippen molar-refractivity contribution in [2.75, 3.05) is 19.8 Å². The fraction of sp³-hybridized carbons (Fsp3) is 0.385.